The van der Waals surface area contributed by atoms with E-state index < -0.39 is 17.1 Å². The van der Waals surface area contributed by atoms with E-state index in [0.717, 1.165) is 6.92 Å². The summed E-state index contributed by atoms with van der Waals surface area (Å²) in [5.41, 5.74) is -1.67. The molecule has 0 N–H and O–H groups in total. The lowest BCUT2D eigenvalue weighted by atomic mass is 9.90. The highest BCUT2D eigenvalue weighted by Gasteiger charge is 2.39. The normalized spacial score (nSPS) is 17.0. The summed E-state index contributed by atoms with van der Waals surface area (Å²) in [5.74, 6) is 0. The quantitative estimate of drug-likeness (QED) is 0.595. The molecule has 0 fully saturated rings. The maximum atomic E-state index is 12.0. The van der Waals surface area contributed by atoms with E-state index in [1.54, 1.807) is 0 Å². The van der Waals surface area contributed by atoms with Gasteiger partial charge in [0.05, 0.1) is 0 Å². The molecule has 0 aliphatic heterocycles. The van der Waals surface area contributed by atoms with Crippen LogP contribution >= 0.6 is 11.6 Å². The third kappa shape index (κ3) is 1.66. The summed E-state index contributed by atoms with van der Waals surface area (Å²) < 4.78 is 24.1. The molecular weight excluding hydrogens is 162 g/mol. The van der Waals surface area contributed by atoms with Crippen molar-refractivity contribution in [2.45, 2.75) is 26.7 Å². The van der Waals surface area contributed by atoms with Gasteiger partial charge in [-0.25, -0.2) is 8.78 Å². The van der Waals surface area contributed by atoms with Crippen molar-refractivity contribution in [2.75, 3.05) is 0 Å². The second-order valence-electron chi connectivity index (χ2n) is 2.35. The highest BCUT2D eigenvalue weighted by atomic mass is 35.5. The van der Waals surface area contributed by atoms with Crippen LogP contribution in [0.25, 0.3) is 0 Å². The lowest BCUT2D eigenvalue weighted by Crippen LogP contribution is -2.31. The Hall–Kier alpha value is -0.180. The highest BCUT2D eigenvalue weighted by Crippen LogP contribution is 2.31. The molecule has 4 heteroatoms. The van der Waals surface area contributed by atoms with Gasteiger partial charge >= 0.3 is 0 Å². The van der Waals surface area contributed by atoms with Crippen molar-refractivity contribution in [1.82, 2.24) is 0 Å². The van der Waals surface area contributed by atoms with E-state index in [1.807, 2.05) is 0 Å². The fraction of sp³-hybridized carbons (Fsp3) is 0.833. The van der Waals surface area contributed by atoms with Gasteiger partial charge in [0.25, 0.3) is 6.43 Å². The first kappa shape index (κ1) is 9.82. The van der Waals surface area contributed by atoms with Crippen molar-refractivity contribution in [2.24, 2.45) is 5.41 Å². The number of alkyl halides is 2. The minimum Gasteiger partial charge on any atom is -0.280 e. The second-order valence-corrected chi connectivity index (χ2v) is 2.69. The molecule has 0 aliphatic carbocycles. The number of rotatable bonds is 3. The van der Waals surface area contributed by atoms with Gasteiger partial charge in [-0.2, -0.15) is 0 Å². The molecule has 0 spiro atoms. The van der Waals surface area contributed by atoms with Crippen molar-refractivity contribution in [3.8, 4) is 0 Å². The average molecular weight is 171 g/mol. The molecule has 0 bridgehead atoms. The van der Waals surface area contributed by atoms with Crippen molar-refractivity contribution in [3.63, 3.8) is 0 Å². The van der Waals surface area contributed by atoms with E-state index in [4.69, 9.17) is 11.6 Å². The molecule has 1 nitrogen and oxygen atoms in total. The predicted octanol–water partition coefficient (Wildman–Crippen LogP) is 2.43. The zero-order chi connectivity index (χ0) is 8.36. The molecule has 60 valence electrons. The summed E-state index contributed by atoms with van der Waals surface area (Å²) >= 11 is 4.96. The molecule has 0 aromatic rings. The Morgan fingerprint density at radius 3 is 2.10 bits per heavy atom. The van der Waals surface area contributed by atoms with Crippen LogP contribution in [0.1, 0.15) is 20.3 Å². The minimum atomic E-state index is -2.68. The second kappa shape index (κ2) is 3.28. The van der Waals surface area contributed by atoms with Crippen LogP contribution in [0.2, 0.25) is 0 Å². The van der Waals surface area contributed by atoms with Crippen LogP contribution < -0.4 is 0 Å². The van der Waals surface area contributed by atoms with Gasteiger partial charge in [0, 0.05) is 0 Å². The first-order chi connectivity index (χ1) is 4.45. The van der Waals surface area contributed by atoms with Crippen LogP contribution in [0.3, 0.4) is 0 Å². The highest BCUT2D eigenvalue weighted by molar-refractivity contribution is 6.64. The van der Waals surface area contributed by atoms with Gasteiger partial charge in [-0.1, -0.05) is 6.92 Å². The van der Waals surface area contributed by atoms with Gasteiger partial charge in [0.1, 0.15) is 5.41 Å². The zero-order valence-corrected chi connectivity index (χ0v) is 6.58. The number of halogens is 3. The van der Waals surface area contributed by atoms with Crippen molar-refractivity contribution in [3.05, 3.63) is 0 Å². The van der Waals surface area contributed by atoms with Gasteiger partial charge in [0.2, 0.25) is 5.24 Å². The maximum absolute atomic E-state index is 12.0. The topological polar surface area (TPSA) is 17.1 Å². The summed E-state index contributed by atoms with van der Waals surface area (Å²) in [7, 11) is 0. The predicted molar refractivity (Wildman–Crippen MR) is 35.3 cm³/mol. The zero-order valence-electron chi connectivity index (χ0n) is 5.83. The van der Waals surface area contributed by atoms with E-state index in [1.165, 1.54) is 6.92 Å². The van der Waals surface area contributed by atoms with E-state index >= 15 is 0 Å². The Morgan fingerprint density at radius 2 is 2.10 bits per heavy atom. The van der Waals surface area contributed by atoms with Crippen LogP contribution in [0.4, 0.5) is 8.78 Å². The average Bonchev–Trinajstić information content (AvgIpc) is 1.85. The number of carbonyl (C=O) groups excluding carboxylic acids is 1. The fourth-order valence-corrected chi connectivity index (χ4v) is 0.595. The summed E-state index contributed by atoms with van der Waals surface area (Å²) in [5, 5.41) is -0.968. The van der Waals surface area contributed by atoms with Gasteiger partial charge in [0.15, 0.2) is 0 Å². The van der Waals surface area contributed by atoms with Crippen molar-refractivity contribution in [1.29, 1.82) is 0 Å². The SMILES string of the molecule is CCC(C)(C(=O)Cl)C(F)F. The summed E-state index contributed by atoms with van der Waals surface area (Å²) in [4.78, 5) is 10.4. The van der Waals surface area contributed by atoms with Gasteiger partial charge < -0.3 is 0 Å². The van der Waals surface area contributed by atoms with E-state index in [-0.39, 0.29) is 6.42 Å². The Labute approximate surface area is 63.4 Å². The van der Waals surface area contributed by atoms with Crippen LogP contribution in [0, 0.1) is 5.41 Å². The molecule has 0 saturated carbocycles. The first-order valence-corrected chi connectivity index (χ1v) is 3.31. The lowest BCUT2D eigenvalue weighted by molar-refractivity contribution is -0.128. The van der Waals surface area contributed by atoms with E-state index in [9.17, 15) is 13.6 Å². The Bertz CT molecular complexity index is 138. The Kier molecular flexibility index (Phi) is 3.22. The fourth-order valence-electron chi connectivity index (χ4n) is 0.379. The molecule has 0 aromatic carbocycles. The van der Waals surface area contributed by atoms with Crippen LogP contribution in [0.5, 0.6) is 0 Å². The van der Waals surface area contributed by atoms with E-state index in [2.05, 4.69) is 0 Å². The van der Waals surface area contributed by atoms with E-state index in [0.29, 0.717) is 0 Å². The minimum absolute atomic E-state index is 0.0625. The maximum Gasteiger partial charge on any atom is 0.252 e. The van der Waals surface area contributed by atoms with Crippen LogP contribution in [0.15, 0.2) is 0 Å². The molecule has 0 aliphatic rings. The number of carbonyl (C=O) groups is 1. The summed E-state index contributed by atoms with van der Waals surface area (Å²) in [6.45, 7) is 2.67. The molecule has 1 atom stereocenters. The Morgan fingerprint density at radius 1 is 1.70 bits per heavy atom. The van der Waals surface area contributed by atoms with Gasteiger partial charge in [-0.3, -0.25) is 4.79 Å². The van der Waals surface area contributed by atoms with Crippen molar-refractivity contribution >= 4 is 16.8 Å². The summed E-state index contributed by atoms with van der Waals surface area (Å²) in [6, 6.07) is 0. The summed E-state index contributed by atoms with van der Waals surface area (Å²) in [6.07, 6.45) is -2.62. The largest absolute Gasteiger partial charge is 0.280 e. The third-order valence-electron chi connectivity index (χ3n) is 1.67. The molecule has 0 saturated heterocycles. The van der Waals surface area contributed by atoms with Crippen LogP contribution in [-0.2, 0) is 4.79 Å². The molecule has 0 rings (SSSR count). The van der Waals surface area contributed by atoms with Gasteiger partial charge in [-0.15, -0.1) is 0 Å². The smallest absolute Gasteiger partial charge is 0.252 e. The molecule has 0 aromatic heterocycles. The molecule has 0 amide bonds. The first-order valence-electron chi connectivity index (χ1n) is 2.93. The molecule has 10 heavy (non-hydrogen) atoms. The number of hydrogen-bond donors (Lipinski definition) is 0. The standard InChI is InChI=1S/C6H9ClF2O/c1-3-6(2,4(7)10)5(8)9/h5H,3H2,1-2H3. The molecule has 1 unspecified atom stereocenters. The Balaban J connectivity index is 4.38. The van der Waals surface area contributed by atoms with Gasteiger partial charge in [-0.05, 0) is 24.9 Å². The number of hydrogen-bond acceptors (Lipinski definition) is 1. The molecule has 0 heterocycles. The third-order valence-corrected chi connectivity index (χ3v) is 2.10. The van der Waals surface area contributed by atoms with Crippen molar-refractivity contribution < 1.29 is 13.6 Å². The van der Waals surface area contributed by atoms with Crippen LogP contribution in [-0.4, -0.2) is 11.7 Å². The lowest BCUT2D eigenvalue weighted by Gasteiger charge is -2.21. The molecular formula is C6H9ClF2O. The monoisotopic (exact) mass is 170 g/mol. The molecule has 0 radical (unpaired) electrons.